The molecule has 25 heavy (non-hydrogen) atoms. The highest BCUT2D eigenvalue weighted by atomic mass is 35.5. The molecule has 4 atom stereocenters. The fraction of sp³-hybridized carbons (Fsp3) is 0.632. The molecule has 3 fully saturated rings. The zero-order valence-electron chi connectivity index (χ0n) is 14.4. The van der Waals surface area contributed by atoms with Crippen molar-refractivity contribution in [2.75, 3.05) is 26.3 Å². The number of carbonyl (C=O) groups is 1. The summed E-state index contributed by atoms with van der Waals surface area (Å²) in [6.45, 7) is 3.02. The van der Waals surface area contributed by atoms with Gasteiger partial charge >= 0.3 is 0 Å². The van der Waals surface area contributed by atoms with E-state index < -0.39 is 0 Å². The Kier molecular flexibility index (Phi) is 5.87. The van der Waals surface area contributed by atoms with E-state index in [9.17, 15) is 4.79 Å². The third kappa shape index (κ3) is 3.94. The SMILES string of the molecule is Cl.NC1CCC2CN(C(=O)c3cccc(OCC4CCCO4)c3)CC12. The highest BCUT2D eigenvalue weighted by Crippen LogP contribution is 2.37. The lowest BCUT2D eigenvalue weighted by Crippen LogP contribution is -2.33. The van der Waals surface area contributed by atoms with E-state index in [0.29, 0.717) is 24.0 Å². The summed E-state index contributed by atoms with van der Waals surface area (Å²) < 4.78 is 11.4. The Labute approximate surface area is 155 Å². The summed E-state index contributed by atoms with van der Waals surface area (Å²) in [5.74, 6) is 1.91. The molecule has 1 aliphatic carbocycles. The smallest absolute Gasteiger partial charge is 0.254 e. The first-order valence-electron chi connectivity index (χ1n) is 9.10. The minimum atomic E-state index is 0. The largest absolute Gasteiger partial charge is 0.491 e. The van der Waals surface area contributed by atoms with Gasteiger partial charge in [0.25, 0.3) is 5.91 Å². The topological polar surface area (TPSA) is 64.8 Å². The van der Waals surface area contributed by atoms with Crippen molar-refractivity contribution in [2.24, 2.45) is 17.6 Å². The number of halogens is 1. The molecule has 138 valence electrons. The summed E-state index contributed by atoms with van der Waals surface area (Å²) in [7, 11) is 0. The van der Waals surface area contributed by atoms with Gasteiger partial charge in [-0.1, -0.05) is 6.07 Å². The van der Waals surface area contributed by atoms with Crippen LogP contribution in [0.3, 0.4) is 0 Å². The van der Waals surface area contributed by atoms with Crippen molar-refractivity contribution in [2.45, 2.75) is 37.8 Å². The van der Waals surface area contributed by atoms with E-state index in [1.165, 1.54) is 0 Å². The van der Waals surface area contributed by atoms with Crippen LogP contribution >= 0.6 is 12.4 Å². The van der Waals surface area contributed by atoms with Gasteiger partial charge in [0, 0.05) is 31.3 Å². The zero-order chi connectivity index (χ0) is 16.5. The average Bonchev–Trinajstić information content (AvgIpc) is 3.32. The van der Waals surface area contributed by atoms with Crippen LogP contribution in [0.5, 0.6) is 5.75 Å². The minimum Gasteiger partial charge on any atom is -0.491 e. The van der Waals surface area contributed by atoms with Crippen molar-refractivity contribution >= 4 is 18.3 Å². The first-order chi connectivity index (χ1) is 11.7. The maximum atomic E-state index is 12.8. The number of hydrogen-bond donors (Lipinski definition) is 1. The molecule has 3 aliphatic rings. The summed E-state index contributed by atoms with van der Waals surface area (Å²) in [6.07, 6.45) is 4.59. The Balaban J connectivity index is 0.00000182. The van der Waals surface area contributed by atoms with E-state index >= 15 is 0 Å². The van der Waals surface area contributed by atoms with Gasteiger partial charge in [0.1, 0.15) is 12.4 Å². The number of benzene rings is 1. The van der Waals surface area contributed by atoms with Crippen molar-refractivity contribution in [1.82, 2.24) is 4.90 Å². The molecule has 2 N–H and O–H groups in total. The Morgan fingerprint density at radius 3 is 2.92 bits per heavy atom. The molecule has 0 spiro atoms. The first-order valence-corrected chi connectivity index (χ1v) is 9.10. The van der Waals surface area contributed by atoms with Crippen molar-refractivity contribution in [3.05, 3.63) is 29.8 Å². The second-order valence-electron chi connectivity index (χ2n) is 7.35. The standard InChI is InChI=1S/C19H26N2O3.ClH/c20-18-7-6-14-10-21(11-17(14)18)19(22)13-3-1-4-15(9-13)24-12-16-5-2-8-23-16;/h1,3-4,9,14,16-18H,2,5-8,10-12,20H2;1H. The summed E-state index contributed by atoms with van der Waals surface area (Å²) >= 11 is 0. The molecule has 1 amide bonds. The van der Waals surface area contributed by atoms with Crippen LogP contribution < -0.4 is 10.5 Å². The fourth-order valence-corrected chi connectivity index (χ4v) is 4.34. The first kappa shape index (κ1) is 18.5. The Morgan fingerprint density at radius 1 is 1.28 bits per heavy atom. The van der Waals surface area contributed by atoms with Gasteiger partial charge in [-0.15, -0.1) is 12.4 Å². The maximum absolute atomic E-state index is 12.8. The van der Waals surface area contributed by atoms with Crippen LogP contribution in [-0.4, -0.2) is 49.3 Å². The average molecular weight is 367 g/mol. The second-order valence-corrected chi connectivity index (χ2v) is 7.35. The lowest BCUT2D eigenvalue weighted by atomic mass is 9.98. The molecule has 4 unspecified atom stereocenters. The van der Waals surface area contributed by atoms with Crippen molar-refractivity contribution in [1.29, 1.82) is 0 Å². The predicted molar refractivity (Wildman–Crippen MR) is 98.3 cm³/mol. The number of carbonyl (C=O) groups excluding carboxylic acids is 1. The van der Waals surface area contributed by atoms with Crippen LogP contribution in [0.15, 0.2) is 24.3 Å². The van der Waals surface area contributed by atoms with Gasteiger partial charge in [-0.05, 0) is 55.7 Å². The third-order valence-electron chi connectivity index (χ3n) is 5.74. The van der Waals surface area contributed by atoms with Crippen LogP contribution in [0.1, 0.15) is 36.0 Å². The van der Waals surface area contributed by atoms with Crippen LogP contribution in [0.2, 0.25) is 0 Å². The van der Waals surface area contributed by atoms with Gasteiger partial charge in [0.2, 0.25) is 0 Å². The minimum absolute atomic E-state index is 0. The molecule has 0 aromatic heterocycles. The highest BCUT2D eigenvalue weighted by Gasteiger charge is 2.42. The van der Waals surface area contributed by atoms with E-state index in [1.54, 1.807) is 0 Å². The summed E-state index contributed by atoms with van der Waals surface area (Å²) in [6, 6.07) is 7.77. The number of likely N-dealkylation sites (tertiary alicyclic amines) is 1. The number of amides is 1. The number of rotatable bonds is 4. The Morgan fingerprint density at radius 2 is 2.16 bits per heavy atom. The molecule has 4 rings (SSSR count). The number of nitrogens with zero attached hydrogens (tertiary/aromatic N) is 1. The van der Waals surface area contributed by atoms with Crippen molar-refractivity contribution in [3.8, 4) is 5.75 Å². The van der Waals surface area contributed by atoms with E-state index in [0.717, 1.165) is 51.1 Å². The van der Waals surface area contributed by atoms with Gasteiger partial charge < -0.3 is 20.1 Å². The van der Waals surface area contributed by atoms with Crippen LogP contribution in [-0.2, 0) is 4.74 Å². The molecular weight excluding hydrogens is 340 g/mol. The fourth-order valence-electron chi connectivity index (χ4n) is 4.34. The van der Waals surface area contributed by atoms with Crippen LogP contribution in [0, 0.1) is 11.8 Å². The quantitative estimate of drug-likeness (QED) is 0.889. The molecule has 0 radical (unpaired) electrons. The number of nitrogens with two attached hydrogens (primary N) is 1. The van der Waals surface area contributed by atoms with Crippen LogP contribution in [0.4, 0.5) is 0 Å². The van der Waals surface area contributed by atoms with Gasteiger partial charge in [-0.25, -0.2) is 0 Å². The molecular formula is C19H27ClN2O3. The lowest BCUT2D eigenvalue weighted by Gasteiger charge is -2.19. The molecule has 2 aliphatic heterocycles. The van der Waals surface area contributed by atoms with E-state index in [1.807, 2.05) is 29.2 Å². The molecule has 1 aromatic carbocycles. The normalized spacial score (nSPS) is 30.8. The highest BCUT2D eigenvalue weighted by molar-refractivity contribution is 5.94. The lowest BCUT2D eigenvalue weighted by molar-refractivity contribution is 0.0678. The third-order valence-corrected chi connectivity index (χ3v) is 5.74. The van der Waals surface area contributed by atoms with Gasteiger partial charge in [0.15, 0.2) is 0 Å². The summed E-state index contributed by atoms with van der Waals surface area (Å²) in [5, 5.41) is 0. The Bertz CT molecular complexity index is 606. The van der Waals surface area contributed by atoms with Crippen molar-refractivity contribution < 1.29 is 14.3 Å². The molecule has 2 saturated heterocycles. The molecule has 0 bridgehead atoms. The van der Waals surface area contributed by atoms with Gasteiger partial charge in [0.05, 0.1) is 6.10 Å². The van der Waals surface area contributed by atoms with Crippen molar-refractivity contribution in [3.63, 3.8) is 0 Å². The van der Waals surface area contributed by atoms with E-state index in [2.05, 4.69) is 0 Å². The molecule has 5 nitrogen and oxygen atoms in total. The Hall–Kier alpha value is -1.30. The number of hydrogen-bond acceptors (Lipinski definition) is 4. The van der Waals surface area contributed by atoms with Gasteiger partial charge in [-0.3, -0.25) is 4.79 Å². The molecule has 1 saturated carbocycles. The maximum Gasteiger partial charge on any atom is 0.254 e. The van der Waals surface area contributed by atoms with Crippen LogP contribution in [0.25, 0.3) is 0 Å². The number of fused-ring (bicyclic) bond motifs is 1. The monoisotopic (exact) mass is 366 g/mol. The number of ether oxygens (including phenoxy) is 2. The zero-order valence-corrected chi connectivity index (χ0v) is 15.2. The summed E-state index contributed by atoms with van der Waals surface area (Å²) in [4.78, 5) is 14.8. The predicted octanol–water partition coefficient (Wildman–Crippen LogP) is 2.48. The molecule has 1 aromatic rings. The molecule has 2 heterocycles. The second kappa shape index (κ2) is 7.94. The summed E-state index contributed by atoms with van der Waals surface area (Å²) in [5.41, 5.74) is 6.88. The molecule has 6 heteroatoms. The van der Waals surface area contributed by atoms with E-state index in [4.69, 9.17) is 15.2 Å². The van der Waals surface area contributed by atoms with Gasteiger partial charge in [-0.2, -0.15) is 0 Å². The van der Waals surface area contributed by atoms with E-state index in [-0.39, 0.29) is 30.5 Å².